The van der Waals surface area contributed by atoms with E-state index in [9.17, 15) is 8.78 Å². The van der Waals surface area contributed by atoms with Crippen molar-refractivity contribution in [2.75, 3.05) is 7.05 Å². The van der Waals surface area contributed by atoms with Crippen LogP contribution in [0.3, 0.4) is 0 Å². The second-order valence-electron chi connectivity index (χ2n) is 3.57. The molecule has 0 spiro atoms. The molecule has 0 amide bonds. The third-order valence-corrected chi connectivity index (χ3v) is 4.00. The van der Waals surface area contributed by atoms with Crippen LogP contribution < -0.4 is 5.32 Å². The Morgan fingerprint density at radius 2 is 2.06 bits per heavy atom. The van der Waals surface area contributed by atoms with Crippen LogP contribution in [-0.2, 0) is 0 Å². The summed E-state index contributed by atoms with van der Waals surface area (Å²) in [5.41, 5.74) is 1.23. The Kier molecular flexibility index (Phi) is 3.91. The van der Waals surface area contributed by atoms with E-state index in [-0.39, 0.29) is 6.04 Å². The second-order valence-corrected chi connectivity index (χ2v) is 5.86. The average molecular weight is 318 g/mol. The summed E-state index contributed by atoms with van der Waals surface area (Å²) in [5, 5.41) is 4.91. The fourth-order valence-electron chi connectivity index (χ4n) is 1.71. The predicted molar refractivity (Wildman–Crippen MR) is 69.3 cm³/mol. The molecule has 1 nitrogen and oxygen atoms in total. The fraction of sp³-hybridized carbons (Fsp3) is 0.167. The van der Waals surface area contributed by atoms with Gasteiger partial charge in [0.15, 0.2) is 0 Å². The van der Waals surface area contributed by atoms with Gasteiger partial charge in [0.25, 0.3) is 0 Å². The molecule has 1 aromatic heterocycles. The number of rotatable bonds is 3. The first-order valence-electron chi connectivity index (χ1n) is 4.98. The minimum atomic E-state index is -0.434. The third kappa shape index (κ3) is 2.73. The van der Waals surface area contributed by atoms with Crippen molar-refractivity contribution in [3.8, 4) is 0 Å². The smallest absolute Gasteiger partial charge is 0.128 e. The molecule has 0 saturated carbocycles. The molecule has 17 heavy (non-hydrogen) atoms. The summed E-state index contributed by atoms with van der Waals surface area (Å²) in [6.45, 7) is 0. The molecule has 1 aromatic carbocycles. The molecule has 0 aliphatic carbocycles. The molecular weight excluding hydrogens is 308 g/mol. The van der Waals surface area contributed by atoms with Crippen LogP contribution in [0.25, 0.3) is 0 Å². The van der Waals surface area contributed by atoms with Crippen LogP contribution in [0.4, 0.5) is 8.78 Å². The maximum absolute atomic E-state index is 13.7. The number of thiophene rings is 1. The second kappa shape index (κ2) is 5.25. The molecule has 90 valence electrons. The van der Waals surface area contributed by atoms with E-state index in [2.05, 4.69) is 21.2 Å². The number of nitrogens with one attached hydrogen (secondary N) is 1. The third-order valence-electron chi connectivity index (χ3n) is 2.48. The van der Waals surface area contributed by atoms with Crippen molar-refractivity contribution in [2.45, 2.75) is 6.04 Å². The predicted octanol–water partition coefficient (Wildman–Crippen LogP) is 4.10. The van der Waals surface area contributed by atoms with Gasteiger partial charge in [0.2, 0.25) is 0 Å². The highest BCUT2D eigenvalue weighted by molar-refractivity contribution is 9.11. The van der Waals surface area contributed by atoms with Crippen molar-refractivity contribution in [3.05, 3.63) is 56.2 Å². The minimum absolute atomic E-state index is 0.317. The van der Waals surface area contributed by atoms with E-state index in [0.717, 1.165) is 21.5 Å². The summed E-state index contributed by atoms with van der Waals surface area (Å²) in [4.78, 5) is 0. The van der Waals surface area contributed by atoms with Crippen LogP contribution in [0.5, 0.6) is 0 Å². The molecule has 2 aromatic rings. The van der Waals surface area contributed by atoms with E-state index in [4.69, 9.17) is 0 Å². The number of benzene rings is 1. The van der Waals surface area contributed by atoms with Crippen molar-refractivity contribution < 1.29 is 8.78 Å². The van der Waals surface area contributed by atoms with Crippen LogP contribution in [-0.4, -0.2) is 7.05 Å². The van der Waals surface area contributed by atoms with Crippen molar-refractivity contribution in [2.24, 2.45) is 0 Å². The Bertz CT molecular complexity index is 527. The summed E-state index contributed by atoms with van der Waals surface area (Å²) in [5.74, 6) is -0.844. The molecule has 1 atom stereocenters. The summed E-state index contributed by atoms with van der Waals surface area (Å²) in [7, 11) is 1.72. The quantitative estimate of drug-likeness (QED) is 0.898. The zero-order valence-electron chi connectivity index (χ0n) is 9.01. The van der Waals surface area contributed by atoms with Gasteiger partial charge >= 0.3 is 0 Å². The Morgan fingerprint density at radius 1 is 1.29 bits per heavy atom. The Balaban J connectivity index is 2.45. The number of hydrogen-bond donors (Lipinski definition) is 1. The molecule has 1 heterocycles. The van der Waals surface area contributed by atoms with E-state index < -0.39 is 11.6 Å². The monoisotopic (exact) mass is 317 g/mol. The minimum Gasteiger partial charge on any atom is -0.309 e. The molecule has 0 bridgehead atoms. The van der Waals surface area contributed by atoms with Crippen LogP contribution in [0.15, 0.2) is 33.4 Å². The zero-order chi connectivity index (χ0) is 12.4. The molecule has 1 unspecified atom stereocenters. The SMILES string of the molecule is CNC(c1csc(Br)c1)c1cc(F)ccc1F. The van der Waals surface area contributed by atoms with Gasteiger partial charge in [-0.15, -0.1) is 11.3 Å². The van der Waals surface area contributed by atoms with Gasteiger partial charge in [0.1, 0.15) is 11.6 Å². The highest BCUT2D eigenvalue weighted by atomic mass is 79.9. The van der Waals surface area contributed by atoms with E-state index in [1.165, 1.54) is 17.4 Å². The fourth-order valence-corrected chi connectivity index (χ4v) is 2.91. The van der Waals surface area contributed by atoms with Gasteiger partial charge in [-0.25, -0.2) is 8.78 Å². The highest BCUT2D eigenvalue weighted by Gasteiger charge is 2.18. The Labute approximate surface area is 111 Å². The van der Waals surface area contributed by atoms with Gasteiger partial charge in [0.05, 0.1) is 9.83 Å². The standard InChI is InChI=1S/C12H10BrF2NS/c1-16-12(7-4-11(13)17-6-7)9-5-8(14)2-3-10(9)15/h2-6,12,16H,1H3. The molecule has 0 saturated heterocycles. The molecule has 0 aliphatic heterocycles. The summed E-state index contributed by atoms with van der Waals surface area (Å²) >= 11 is 4.87. The maximum atomic E-state index is 13.7. The van der Waals surface area contributed by atoms with Crippen LogP contribution in [0, 0.1) is 11.6 Å². The number of hydrogen-bond acceptors (Lipinski definition) is 2. The molecule has 0 aliphatic rings. The molecule has 1 N–H and O–H groups in total. The maximum Gasteiger partial charge on any atom is 0.128 e. The first-order valence-corrected chi connectivity index (χ1v) is 6.65. The first-order chi connectivity index (χ1) is 8.11. The molecule has 0 fully saturated rings. The van der Waals surface area contributed by atoms with Gasteiger partial charge in [-0.2, -0.15) is 0 Å². The van der Waals surface area contributed by atoms with Crippen LogP contribution in [0.1, 0.15) is 17.2 Å². The Morgan fingerprint density at radius 3 is 2.65 bits per heavy atom. The zero-order valence-corrected chi connectivity index (χ0v) is 11.4. The van der Waals surface area contributed by atoms with Crippen LogP contribution >= 0.6 is 27.3 Å². The normalized spacial score (nSPS) is 12.7. The van der Waals surface area contributed by atoms with E-state index in [1.807, 2.05) is 11.4 Å². The largest absolute Gasteiger partial charge is 0.309 e. The lowest BCUT2D eigenvalue weighted by molar-refractivity contribution is 0.558. The van der Waals surface area contributed by atoms with Gasteiger partial charge in [-0.3, -0.25) is 0 Å². The van der Waals surface area contributed by atoms with Crippen molar-refractivity contribution in [1.82, 2.24) is 5.32 Å². The molecule has 2 rings (SSSR count). The Hall–Kier alpha value is -0.780. The lowest BCUT2D eigenvalue weighted by atomic mass is 10.0. The number of halogens is 3. The molecule has 5 heteroatoms. The highest BCUT2D eigenvalue weighted by Crippen LogP contribution is 2.30. The van der Waals surface area contributed by atoms with Gasteiger partial charge in [-0.1, -0.05) is 0 Å². The molecular formula is C12H10BrF2NS. The van der Waals surface area contributed by atoms with E-state index in [1.54, 1.807) is 7.05 Å². The summed E-state index contributed by atoms with van der Waals surface area (Å²) in [6, 6.07) is 5.05. The first kappa shape index (κ1) is 12.7. The topological polar surface area (TPSA) is 12.0 Å². The van der Waals surface area contributed by atoms with Crippen molar-refractivity contribution in [3.63, 3.8) is 0 Å². The molecule has 0 radical (unpaired) electrons. The van der Waals surface area contributed by atoms with Crippen molar-refractivity contribution in [1.29, 1.82) is 0 Å². The van der Waals surface area contributed by atoms with E-state index >= 15 is 0 Å². The van der Waals surface area contributed by atoms with Crippen LogP contribution in [0.2, 0.25) is 0 Å². The van der Waals surface area contributed by atoms with Crippen molar-refractivity contribution >= 4 is 27.3 Å². The summed E-state index contributed by atoms with van der Waals surface area (Å²) in [6.07, 6.45) is 0. The average Bonchev–Trinajstić information content (AvgIpc) is 2.71. The van der Waals surface area contributed by atoms with Gasteiger partial charge in [0, 0.05) is 5.56 Å². The lowest BCUT2D eigenvalue weighted by Crippen LogP contribution is -2.18. The van der Waals surface area contributed by atoms with Gasteiger partial charge in [-0.05, 0) is 58.2 Å². The summed E-state index contributed by atoms with van der Waals surface area (Å²) < 4.78 is 27.8. The van der Waals surface area contributed by atoms with Gasteiger partial charge < -0.3 is 5.32 Å². The van der Waals surface area contributed by atoms with E-state index in [0.29, 0.717) is 5.56 Å². The lowest BCUT2D eigenvalue weighted by Gasteiger charge is -2.16.